The summed E-state index contributed by atoms with van der Waals surface area (Å²) < 4.78 is 202. The molecule has 0 spiro atoms. The Balaban J connectivity index is 0.000000177. The average Bonchev–Trinajstić information content (AvgIpc) is 1.63. The van der Waals surface area contributed by atoms with Crippen LogP contribution in [0.3, 0.4) is 0 Å². The second-order valence-corrected chi connectivity index (χ2v) is 32.4. The van der Waals surface area contributed by atoms with Crippen molar-refractivity contribution in [1.29, 1.82) is 0 Å². The number of fused-ring (bicyclic) bond motifs is 3. The lowest BCUT2D eigenvalue weighted by Crippen LogP contribution is -2.06. The Labute approximate surface area is 659 Å². The smallest absolute Gasteiger partial charge is 0.417 e. The number of rotatable bonds is 21. The molecule has 578 valence electrons. The fourth-order valence-corrected chi connectivity index (χ4v) is 14.8. The van der Waals surface area contributed by atoms with Crippen molar-refractivity contribution in [1.82, 2.24) is 58.6 Å². The monoisotopic (exact) mass is 1870 g/mol. The minimum absolute atomic E-state index is 0.0281. The zero-order chi connectivity index (χ0) is 79.3. The highest BCUT2D eigenvalue weighted by Gasteiger charge is 2.36. The number of aromatic nitrogens is 12. The van der Waals surface area contributed by atoms with Crippen molar-refractivity contribution in [3.63, 3.8) is 0 Å². The molecule has 9 heterocycles. The molecule has 0 saturated heterocycles. The second-order valence-electron chi connectivity index (χ2n) is 21.1. The Kier molecular flexibility index (Phi) is 27.9. The summed E-state index contributed by atoms with van der Waals surface area (Å²) >= 11 is 56.7. The number of pyridine rings is 3. The number of nitrogens with zero attached hydrogens (tertiary/aromatic N) is 12. The number of hydrogen-bond acceptors (Lipinski definition) is 22. The number of hydrogen-bond donors (Lipinski definition) is 3. The molecule has 3 N–H and O–H groups in total. The van der Waals surface area contributed by atoms with Gasteiger partial charge < -0.3 is 69.2 Å². The van der Waals surface area contributed by atoms with E-state index in [-0.39, 0.29) is 162 Å². The van der Waals surface area contributed by atoms with Crippen LogP contribution < -0.4 is 9.47 Å². The molecule has 0 radical (unpaired) electrons. The van der Waals surface area contributed by atoms with Crippen LogP contribution in [-0.2, 0) is 50.3 Å². The number of phenolic OH excluding ortho intramolecular Hbond substituents is 1. The average molecular weight is 1870 g/mol. The molecule has 12 aromatic rings. The summed E-state index contributed by atoms with van der Waals surface area (Å²) in [6, 6.07) is 10.2. The minimum Gasteiger partial charge on any atom is -0.506 e. The van der Waals surface area contributed by atoms with Crippen molar-refractivity contribution < 1.29 is 109 Å². The number of alkyl halides is 10. The summed E-state index contributed by atoms with van der Waals surface area (Å²) in [5, 5.41) is 20.7. The highest BCUT2D eigenvalue weighted by molar-refractivity contribution is 14.1. The van der Waals surface area contributed by atoms with E-state index in [4.69, 9.17) is 155 Å². The molecule has 0 aliphatic rings. The number of aromatic hydroxyl groups is 1. The predicted octanol–water partition coefficient (Wildman–Crippen LogP) is 21.6. The zero-order valence-corrected chi connectivity index (χ0v) is 65.9. The van der Waals surface area contributed by atoms with Crippen LogP contribution >= 0.6 is 150 Å². The molecule has 27 nitrogen and oxygen atoms in total. The van der Waals surface area contributed by atoms with Crippen LogP contribution in [-0.4, -0.2) is 117 Å². The van der Waals surface area contributed by atoms with Gasteiger partial charge in [0, 0.05) is 72.1 Å². The van der Waals surface area contributed by atoms with Crippen molar-refractivity contribution in [2.45, 2.75) is 46.2 Å². The van der Waals surface area contributed by atoms with Gasteiger partial charge in [0.2, 0.25) is 17.5 Å². The third-order valence-corrected chi connectivity index (χ3v) is 22.4. The van der Waals surface area contributed by atoms with E-state index >= 15 is 0 Å². The SMILES string of the molecule is CCOP(=O)(CI)OCC.CCOP(=O)(COc1cc(Cl)c(-c2noc(-c3cn4cc(C(F)(F)F)cc(Cl)c4n3)n2)cc1Cl)OCC.O=P(O)(O)COc1cc(Cl)c(-c2noc(-c3cn4cc(C(F)(F)F)cc(Cl)c4n3)n2)cc1Cl.Oc1cc(Cl)c(-c2noc(-c3cn4cc(C(F)(F)F)cc(Cl)c4n3)n2)cc1Cl. The van der Waals surface area contributed by atoms with Crippen LogP contribution in [0.2, 0.25) is 45.2 Å². The van der Waals surface area contributed by atoms with Gasteiger partial charge in [0.1, 0.15) is 38.5 Å². The molecular formula is C59H44Cl9F9IN12O15P3. The first kappa shape index (κ1) is 85.7. The Hall–Kier alpha value is -6.29. The van der Waals surface area contributed by atoms with E-state index in [9.17, 15) is 58.3 Å². The third kappa shape index (κ3) is 21.3. The van der Waals surface area contributed by atoms with Crippen molar-refractivity contribution in [3.8, 4) is 86.2 Å². The number of benzene rings is 3. The molecule has 0 saturated carbocycles. The van der Waals surface area contributed by atoms with Crippen LogP contribution in [0.1, 0.15) is 44.4 Å². The highest BCUT2D eigenvalue weighted by Crippen LogP contribution is 2.51. The maximum atomic E-state index is 13.1. The summed E-state index contributed by atoms with van der Waals surface area (Å²) in [5.74, 6) is -0.404. The molecule has 0 unspecified atom stereocenters. The van der Waals surface area contributed by atoms with Gasteiger partial charge in [-0.3, -0.25) is 13.7 Å². The Bertz CT molecular complexity index is 5420. The van der Waals surface area contributed by atoms with E-state index in [1.807, 2.05) is 22.6 Å². The van der Waals surface area contributed by atoms with Gasteiger partial charge in [-0.1, -0.05) is 142 Å². The summed E-state index contributed by atoms with van der Waals surface area (Å²) in [5.41, 5.74) is -1.60. The first-order valence-electron chi connectivity index (χ1n) is 29.7. The van der Waals surface area contributed by atoms with Crippen molar-refractivity contribution in [3.05, 3.63) is 154 Å². The van der Waals surface area contributed by atoms with Crippen molar-refractivity contribution >= 4 is 167 Å². The third-order valence-electron chi connectivity index (χ3n) is 13.5. The quantitative estimate of drug-likeness (QED) is 0.0260. The molecule has 0 aliphatic carbocycles. The van der Waals surface area contributed by atoms with E-state index in [1.54, 1.807) is 27.7 Å². The molecule has 0 fully saturated rings. The topological polar surface area (TPSA) is 336 Å². The second kappa shape index (κ2) is 35.2. The molecule has 0 amide bonds. The van der Waals surface area contributed by atoms with Gasteiger partial charge in [-0.15, -0.1) is 0 Å². The van der Waals surface area contributed by atoms with Gasteiger partial charge in [-0.05, 0) is 64.1 Å². The molecule has 108 heavy (non-hydrogen) atoms. The standard InChI is InChI=1S/C21H17Cl3F3N4O5P.C17H9Cl3F3N4O5P.C16H6Cl3F3N4O2.C5H12IO3P/c1-3-34-37(32,35-4-2)10-33-17-7-13(22)12(6-14(17)23)18-29-20(36-30-18)16-9-31-8-11(21(25,26)27)5-15(24)19(31)28-16;18-9-3-13(31-6-33(28,29)30)10(19)2-8(9)14-25-16(32-26-14)12-5-27-4-7(17(21,22)23)1-11(20)15(27)24-12;17-8-3-12(27)9(18)2-7(8)13-24-15(28-25-13)11-5-26-4-6(16(20,21)22)1-10(19)14(26)23-11;1-3-8-10(7,5-6)9-4-2/h5-9H,3-4,10H2,1-2H3;1-5H,6H2,(H2,28,29,30);1-5,27H;3-5H2,1-2H3. The van der Waals surface area contributed by atoms with Crippen LogP contribution in [0, 0.1) is 0 Å². The largest absolute Gasteiger partial charge is 0.506 e. The maximum Gasteiger partial charge on any atom is 0.417 e. The first-order valence-corrected chi connectivity index (χ1v) is 39.8. The van der Waals surface area contributed by atoms with Gasteiger partial charge in [0.05, 0.1) is 88.3 Å². The maximum absolute atomic E-state index is 13.1. The van der Waals surface area contributed by atoms with Gasteiger partial charge >= 0.3 is 41.3 Å². The summed E-state index contributed by atoms with van der Waals surface area (Å²) in [6.07, 6.45) is -8.73. The van der Waals surface area contributed by atoms with Crippen molar-refractivity contribution in [2.75, 3.05) is 43.3 Å². The fourth-order valence-electron chi connectivity index (χ4n) is 8.89. The summed E-state index contributed by atoms with van der Waals surface area (Å²) in [4.78, 5) is 42.8. The van der Waals surface area contributed by atoms with Crippen LogP contribution in [0.15, 0.2) is 105 Å². The van der Waals surface area contributed by atoms with E-state index < -0.39 is 64.4 Å². The minimum atomic E-state index is -4.60. The van der Waals surface area contributed by atoms with E-state index in [1.165, 1.54) is 55.0 Å². The van der Waals surface area contributed by atoms with Gasteiger partial charge in [-0.25, -0.2) is 15.0 Å². The Morgan fingerprint density at radius 3 is 1.03 bits per heavy atom. The Morgan fingerprint density at radius 1 is 0.417 bits per heavy atom. The molecular weight excluding hydrogens is 1830 g/mol. The predicted molar refractivity (Wildman–Crippen MR) is 387 cm³/mol. The zero-order valence-electron chi connectivity index (χ0n) is 54.2. The normalized spacial score (nSPS) is 12.3. The fraction of sp³-hybridized carbons (Fsp3) is 0.237. The van der Waals surface area contributed by atoms with Crippen LogP contribution in [0.25, 0.3) is 85.9 Å². The van der Waals surface area contributed by atoms with E-state index in [2.05, 4.69) is 45.4 Å². The van der Waals surface area contributed by atoms with Gasteiger partial charge in [-0.2, -0.15) is 54.5 Å². The number of phenols is 1. The molecule has 49 heteroatoms. The van der Waals surface area contributed by atoms with Crippen molar-refractivity contribution in [2.24, 2.45) is 0 Å². The summed E-state index contributed by atoms with van der Waals surface area (Å²) in [7, 11) is -10.6. The lowest BCUT2D eigenvalue weighted by molar-refractivity contribution is -0.138. The lowest BCUT2D eigenvalue weighted by Gasteiger charge is -2.18. The summed E-state index contributed by atoms with van der Waals surface area (Å²) in [6.45, 7) is 8.16. The molecule has 0 bridgehead atoms. The number of ether oxygens (including phenoxy) is 2. The van der Waals surface area contributed by atoms with Crippen LogP contribution in [0.5, 0.6) is 17.2 Å². The number of imidazole rings is 3. The molecule has 0 aliphatic heterocycles. The molecule has 0 atom stereocenters. The molecule has 12 rings (SSSR count). The number of halogens is 19. The highest BCUT2D eigenvalue weighted by atomic mass is 127. The van der Waals surface area contributed by atoms with E-state index in [0.29, 0.717) is 22.9 Å². The van der Waals surface area contributed by atoms with Gasteiger partial charge in [0.15, 0.2) is 29.6 Å². The van der Waals surface area contributed by atoms with Gasteiger partial charge in [0.25, 0.3) is 17.7 Å². The molecule has 3 aromatic carbocycles. The van der Waals surface area contributed by atoms with Crippen LogP contribution in [0.4, 0.5) is 39.5 Å². The lowest BCUT2D eigenvalue weighted by atomic mass is 10.2. The van der Waals surface area contributed by atoms with E-state index in [0.717, 1.165) is 50.0 Å². The molecule has 9 aromatic heterocycles. The Morgan fingerprint density at radius 2 is 0.722 bits per heavy atom. The first-order chi connectivity index (χ1) is 50.6.